The molecule has 10 heteroatoms. The molecular formula is C21H25N3O5S2. The van der Waals surface area contributed by atoms with E-state index in [9.17, 15) is 18.5 Å². The van der Waals surface area contributed by atoms with Gasteiger partial charge in [-0.2, -0.15) is 9.57 Å². The fourth-order valence-electron chi connectivity index (χ4n) is 3.49. The van der Waals surface area contributed by atoms with Crippen molar-refractivity contribution >= 4 is 32.3 Å². The van der Waals surface area contributed by atoms with Crippen LogP contribution in [0.25, 0.3) is 0 Å². The number of nitrogens with zero attached hydrogens (tertiary/aromatic N) is 2. The Morgan fingerprint density at radius 2 is 1.90 bits per heavy atom. The van der Waals surface area contributed by atoms with Gasteiger partial charge in [-0.05, 0) is 37.5 Å². The Kier molecular flexibility index (Phi) is 7.20. The molecule has 166 valence electrons. The van der Waals surface area contributed by atoms with Gasteiger partial charge in [0.25, 0.3) is 0 Å². The number of hydrogen-bond donors (Lipinski definition) is 1. The number of amides is 1. The minimum atomic E-state index is -3.71. The highest BCUT2D eigenvalue weighted by molar-refractivity contribution is 7.89. The quantitative estimate of drug-likeness (QED) is 0.675. The van der Waals surface area contributed by atoms with Gasteiger partial charge < -0.3 is 14.8 Å². The summed E-state index contributed by atoms with van der Waals surface area (Å²) < 4.78 is 37.8. The van der Waals surface area contributed by atoms with Crippen LogP contribution in [0.15, 0.2) is 29.2 Å². The van der Waals surface area contributed by atoms with E-state index in [-0.39, 0.29) is 29.8 Å². The normalized spacial score (nSPS) is 15.3. The molecule has 1 aliphatic rings. The summed E-state index contributed by atoms with van der Waals surface area (Å²) in [5, 5.41) is 12.7. The van der Waals surface area contributed by atoms with Crippen molar-refractivity contribution in [3.05, 3.63) is 34.7 Å². The number of carbonyl (C=O) groups excluding carboxylic acids is 1. The number of sulfonamides is 1. The smallest absolute Gasteiger partial charge is 0.243 e. The monoisotopic (exact) mass is 463 g/mol. The van der Waals surface area contributed by atoms with E-state index < -0.39 is 10.0 Å². The van der Waals surface area contributed by atoms with Gasteiger partial charge in [-0.3, -0.25) is 4.79 Å². The molecule has 0 saturated carbocycles. The van der Waals surface area contributed by atoms with Gasteiger partial charge in [0.05, 0.1) is 24.7 Å². The van der Waals surface area contributed by atoms with Crippen molar-refractivity contribution in [2.45, 2.75) is 31.1 Å². The number of hydrogen-bond acceptors (Lipinski definition) is 7. The highest BCUT2D eigenvalue weighted by Gasteiger charge is 2.33. The minimum Gasteiger partial charge on any atom is -0.493 e. The first-order valence-electron chi connectivity index (χ1n) is 9.89. The molecule has 3 rings (SSSR count). The summed E-state index contributed by atoms with van der Waals surface area (Å²) >= 11 is 1.40. The highest BCUT2D eigenvalue weighted by atomic mass is 32.2. The third-order valence-corrected chi connectivity index (χ3v) is 8.40. The Labute approximate surface area is 186 Å². The molecule has 1 saturated heterocycles. The number of piperidine rings is 1. The molecule has 0 aliphatic carbocycles. The first-order valence-corrected chi connectivity index (χ1v) is 12.2. The van der Waals surface area contributed by atoms with Crippen LogP contribution in [0, 0.1) is 17.2 Å². The van der Waals surface area contributed by atoms with Crippen molar-refractivity contribution in [1.29, 1.82) is 5.26 Å². The summed E-state index contributed by atoms with van der Waals surface area (Å²) in [6.45, 7) is 2.47. The molecular weight excluding hydrogens is 438 g/mol. The number of anilines is 1. The second-order valence-electron chi connectivity index (χ2n) is 7.11. The largest absolute Gasteiger partial charge is 0.493 e. The Balaban J connectivity index is 1.67. The minimum absolute atomic E-state index is 0.123. The van der Waals surface area contributed by atoms with Gasteiger partial charge in [0.2, 0.25) is 15.9 Å². The Morgan fingerprint density at radius 3 is 2.48 bits per heavy atom. The van der Waals surface area contributed by atoms with Crippen molar-refractivity contribution in [3.63, 3.8) is 0 Å². The van der Waals surface area contributed by atoms with Gasteiger partial charge in [0.1, 0.15) is 11.1 Å². The van der Waals surface area contributed by atoms with Crippen LogP contribution in [0.4, 0.5) is 5.00 Å². The third-order valence-electron chi connectivity index (χ3n) is 5.31. The topological polar surface area (TPSA) is 109 Å². The summed E-state index contributed by atoms with van der Waals surface area (Å²) in [6.07, 6.45) is 1.61. The van der Waals surface area contributed by atoms with E-state index in [1.165, 1.54) is 42.0 Å². The Morgan fingerprint density at radius 1 is 1.23 bits per heavy atom. The molecule has 8 nitrogen and oxygen atoms in total. The fourth-order valence-corrected chi connectivity index (χ4v) is 5.93. The molecule has 2 heterocycles. The molecule has 1 aromatic carbocycles. The molecule has 31 heavy (non-hydrogen) atoms. The standard InChI is InChI=1S/C21H25N3O5S2/c1-4-16-11-15(13-22)21(30-16)23-20(25)14-7-9-24(10-8-14)31(26,27)17-5-6-18(28-2)19(12-17)29-3/h5-6,11-12,14H,4,7-10H2,1-3H3,(H,23,25). The van der Waals surface area contributed by atoms with E-state index in [0.29, 0.717) is 34.9 Å². The SMILES string of the molecule is CCc1cc(C#N)c(NC(=O)C2CCN(S(=O)(=O)c3ccc(OC)c(OC)c3)CC2)s1. The van der Waals surface area contributed by atoms with Crippen LogP contribution in [0.1, 0.15) is 30.2 Å². The van der Waals surface area contributed by atoms with Crippen molar-refractivity contribution in [2.24, 2.45) is 5.92 Å². The average Bonchev–Trinajstić information content (AvgIpc) is 3.20. The number of nitriles is 1. The molecule has 0 atom stereocenters. The van der Waals surface area contributed by atoms with Crippen LogP contribution >= 0.6 is 11.3 Å². The van der Waals surface area contributed by atoms with E-state index >= 15 is 0 Å². The average molecular weight is 464 g/mol. The van der Waals surface area contributed by atoms with E-state index in [4.69, 9.17) is 9.47 Å². The number of rotatable bonds is 7. The lowest BCUT2D eigenvalue weighted by Gasteiger charge is -2.30. The van der Waals surface area contributed by atoms with E-state index in [2.05, 4.69) is 11.4 Å². The number of ether oxygens (including phenoxy) is 2. The molecule has 0 bridgehead atoms. The predicted molar refractivity (Wildman–Crippen MR) is 118 cm³/mol. The van der Waals surface area contributed by atoms with Gasteiger partial charge in [-0.25, -0.2) is 8.42 Å². The maximum Gasteiger partial charge on any atom is 0.243 e. The van der Waals surface area contributed by atoms with Crippen molar-refractivity contribution in [3.8, 4) is 17.6 Å². The van der Waals surface area contributed by atoms with E-state index in [0.717, 1.165) is 11.3 Å². The Bertz CT molecular complexity index is 1100. The van der Waals surface area contributed by atoms with Crippen LogP contribution in [0.5, 0.6) is 11.5 Å². The second-order valence-corrected chi connectivity index (χ2v) is 10.2. The first kappa shape index (κ1) is 23.1. The van der Waals surface area contributed by atoms with Crippen LogP contribution in [-0.2, 0) is 21.2 Å². The summed E-state index contributed by atoms with van der Waals surface area (Å²) in [6, 6.07) is 8.39. The van der Waals surface area contributed by atoms with Gasteiger partial charge in [0.15, 0.2) is 11.5 Å². The summed E-state index contributed by atoms with van der Waals surface area (Å²) in [7, 11) is -0.775. The lowest BCUT2D eigenvalue weighted by Crippen LogP contribution is -2.41. The van der Waals surface area contributed by atoms with Crippen molar-refractivity contribution in [2.75, 3.05) is 32.6 Å². The molecule has 0 radical (unpaired) electrons. The molecule has 2 aromatic rings. The van der Waals surface area contributed by atoms with Crippen LogP contribution in [0.2, 0.25) is 0 Å². The zero-order valence-corrected chi connectivity index (χ0v) is 19.3. The fraction of sp³-hybridized carbons (Fsp3) is 0.429. The van der Waals surface area contributed by atoms with Gasteiger partial charge in [-0.15, -0.1) is 11.3 Å². The molecule has 0 spiro atoms. The molecule has 1 fully saturated rings. The predicted octanol–water partition coefficient (Wildman–Crippen LogP) is 3.24. The Hall–Kier alpha value is -2.61. The van der Waals surface area contributed by atoms with E-state index in [1.807, 2.05) is 6.92 Å². The number of aryl methyl sites for hydroxylation is 1. The summed E-state index contributed by atoms with van der Waals surface area (Å²) in [5.41, 5.74) is 0.462. The van der Waals surface area contributed by atoms with Crippen LogP contribution in [0.3, 0.4) is 0 Å². The van der Waals surface area contributed by atoms with Crippen LogP contribution < -0.4 is 14.8 Å². The lowest BCUT2D eigenvalue weighted by atomic mass is 9.97. The lowest BCUT2D eigenvalue weighted by molar-refractivity contribution is -0.120. The van der Waals surface area contributed by atoms with Gasteiger partial charge in [-0.1, -0.05) is 6.92 Å². The molecule has 1 N–H and O–H groups in total. The third kappa shape index (κ3) is 4.84. The molecule has 1 aromatic heterocycles. The number of carbonyl (C=O) groups is 1. The zero-order chi connectivity index (χ0) is 22.6. The zero-order valence-electron chi connectivity index (χ0n) is 17.7. The molecule has 1 aliphatic heterocycles. The maximum atomic E-state index is 13.0. The van der Waals surface area contributed by atoms with Gasteiger partial charge >= 0.3 is 0 Å². The number of methoxy groups -OCH3 is 2. The van der Waals surface area contributed by atoms with Gasteiger partial charge in [0, 0.05) is 30.0 Å². The molecule has 0 unspecified atom stereocenters. The van der Waals surface area contributed by atoms with E-state index in [1.54, 1.807) is 12.1 Å². The summed E-state index contributed by atoms with van der Waals surface area (Å²) in [4.78, 5) is 13.9. The van der Waals surface area contributed by atoms with Crippen molar-refractivity contribution < 1.29 is 22.7 Å². The molecule has 1 amide bonds. The first-order chi connectivity index (χ1) is 14.8. The van der Waals surface area contributed by atoms with Crippen LogP contribution in [-0.4, -0.2) is 45.9 Å². The number of nitrogens with one attached hydrogen (secondary N) is 1. The number of benzene rings is 1. The number of thiophene rings is 1. The summed E-state index contributed by atoms with van der Waals surface area (Å²) in [5.74, 6) is 0.307. The second kappa shape index (κ2) is 9.68. The van der Waals surface area contributed by atoms with Crippen molar-refractivity contribution in [1.82, 2.24) is 4.31 Å². The highest BCUT2D eigenvalue weighted by Crippen LogP contribution is 2.33. The maximum absolute atomic E-state index is 13.0.